The van der Waals surface area contributed by atoms with Crippen LogP contribution < -0.4 is 0 Å². The molecule has 4 heavy (non-hydrogen) atoms. The van der Waals surface area contributed by atoms with Crippen LogP contribution in [0.4, 0.5) is 0 Å². The van der Waals surface area contributed by atoms with Gasteiger partial charge in [0.2, 0.25) is 0 Å². The van der Waals surface area contributed by atoms with Crippen LogP contribution in [0, 0.1) is 0 Å². The number of hydrogen-bond acceptors (Lipinski definition) is 0. The van der Waals surface area contributed by atoms with Crippen molar-refractivity contribution in [3.8, 4) is 0 Å². The van der Waals surface area contributed by atoms with E-state index in [1.54, 1.807) is 0 Å². The van der Waals surface area contributed by atoms with Gasteiger partial charge in [-0.1, -0.05) is 0 Å². The van der Waals surface area contributed by atoms with Crippen molar-refractivity contribution in [3.63, 3.8) is 0 Å². The van der Waals surface area contributed by atoms with Gasteiger partial charge in [-0.25, -0.2) is 0 Å². The summed E-state index contributed by atoms with van der Waals surface area (Å²) in [5.74, 6) is 0. The zero-order chi connectivity index (χ0) is 2.00. The maximum Gasteiger partial charge on any atom is 0 e. The maximum absolute atomic E-state index is 2.31. The molecule has 0 aliphatic heterocycles. The number of hydrogen-bond donors (Lipinski definition) is 0. The first kappa shape index (κ1) is 16.4. The molecule has 0 atom stereocenters. The fourth-order valence-corrected chi connectivity index (χ4v) is 0. The van der Waals surface area contributed by atoms with E-state index in [9.17, 15) is 0 Å². The summed E-state index contributed by atoms with van der Waals surface area (Å²) < 4.78 is 0. The van der Waals surface area contributed by atoms with E-state index >= 15 is 0 Å². The molecule has 0 spiro atoms. The molecule has 4 heteroatoms. The van der Waals surface area contributed by atoms with Gasteiger partial charge in [-0.05, 0) is 0 Å². The third-order valence-electron chi connectivity index (χ3n) is 0. The molecule has 0 fully saturated rings. The molecular weight excluding hydrogens is 336 g/mol. The van der Waals surface area contributed by atoms with Crippen LogP contribution in [0.5, 0.6) is 0 Å². The van der Waals surface area contributed by atoms with E-state index in [1.807, 2.05) is 6.46 Å². The van der Waals surface area contributed by atoms with E-state index < -0.39 is 0 Å². The molecule has 0 unspecified atom stereocenters. The summed E-state index contributed by atoms with van der Waals surface area (Å²) in [6.45, 7) is 1.94. The first-order chi connectivity index (χ1) is 1.00. The fraction of sp³-hybridized carbons (Fsp3) is 0. The van der Waals surface area contributed by atoms with Crippen LogP contribution in [0.2, 0.25) is 0 Å². The van der Waals surface area contributed by atoms with Gasteiger partial charge in [0.1, 0.15) is 0 Å². The quantitative estimate of drug-likeness (QED) is 0.443. The van der Waals surface area contributed by atoms with E-state index in [4.69, 9.17) is 0 Å². The molecule has 0 saturated carbocycles. The summed E-state index contributed by atoms with van der Waals surface area (Å²) in [7, 11) is 0. The molecule has 0 aliphatic carbocycles. The van der Waals surface area contributed by atoms with E-state index in [2.05, 4.69) is 17.2 Å². The summed E-state index contributed by atoms with van der Waals surface area (Å²) in [6.07, 6.45) is 0. The molecule has 0 aromatic carbocycles. The summed E-state index contributed by atoms with van der Waals surface area (Å²) >= 11 is 2.31. The molecule has 20 valence electrons. The standard InChI is InChI=1S/BH2.Bi.V.Zn.3H/h1H2;;;;;;/q+1;;-1;;;;. The first-order valence-electron chi connectivity index (χ1n) is 0.447. The smallest absolute Gasteiger partial charge is 0 e. The second-order valence-corrected chi connectivity index (χ2v) is 0. The second-order valence-electron chi connectivity index (χ2n) is 0. The third-order valence-corrected chi connectivity index (χ3v) is 0. The summed E-state index contributed by atoms with van der Waals surface area (Å²) in [6, 6.07) is 0. The van der Waals surface area contributed by atoms with E-state index in [-0.39, 0.29) is 45.7 Å². The first-order valence-corrected chi connectivity index (χ1v) is 1.84. The molecule has 0 aromatic rings. The van der Waals surface area contributed by atoms with Gasteiger partial charge in [0, 0.05) is 19.5 Å². The van der Waals surface area contributed by atoms with Crippen molar-refractivity contribution in [2.45, 2.75) is 0 Å². The summed E-state index contributed by atoms with van der Waals surface area (Å²) in [5.41, 5.74) is 0. The normalized spacial score (nSPS) is 1.00. The van der Waals surface area contributed by atoms with Gasteiger partial charge >= 0.3 is 49.9 Å². The zero-order valence-corrected chi connectivity index (χ0v) is 12.7. The predicted molar refractivity (Wildman–Crippen MR) is 18.5 cm³/mol. The van der Waals surface area contributed by atoms with Gasteiger partial charge in [0.25, 0.3) is 0 Å². The molecular formula is H5BBiVZn. The van der Waals surface area contributed by atoms with Crippen molar-refractivity contribution in [1.82, 2.24) is 0 Å². The molecule has 0 rings (SSSR count). The third kappa shape index (κ3) is 8.91. The number of rotatable bonds is 0. The Hall–Kier alpha value is 2.16. The van der Waals surface area contributed by atoms with E-state index in [0.717, 1.165) is 0 Å². The van der Waals surface area contributed by atoms with Crippen LogP contribution in [-0.4, -0.2) is 32.7 Å². The van der Waals surface area contributed by atoms with Crippen LogP contribution in [-0.2, 0) is 36.7 Å². The van der Waals surface area contributed by atoms with Gasteiger partial charge in [-0.2, -0.15) is 0 Å². The van der Waals surface area contributed by atoms with Crippen LogP contribution in [0.15, 0.2) is 0 Å². The topological polar surface area (TPSA) is 0 Å². The Morgan fingerprint density at radius 1 is 1.25 bits per heavy atom. The Kier molecular flexibility index (Phi) is 78.7. The van der Waals surface area contributed by atoms with Crippen molar-refractivity contribution in [2.24, 2.45) is 0 Å². The van der Waals surface area contributed by atoms with Gasteiger partial charge in [-0.15, -0.1) is 0 Å². The van der Waals surface area contributed by atoms with E-state index in [1.165, 1.54) is 0 Å². The Morgan fingerprint density at radius 2 is 1.25 bits per heavy atom. The van der Waals surface area contributed by atoms with Gasteiger partial charge in [0.15, 0.2) is 0 Å². The monoisotopic (exact) mass is 340 g/mol. The zero-order valence-electron chi connectivity index (χ0n) is 2.86. The molecule has 0 amide bonds. The molecule has 0 heterocycles. The Labute approximate surface area is 68.6 Å². The molecule has 0 aliphatic rings. The van der Waals surface area contributed by atoms with Crippen molar-refractivity contribution >= 4 is 32.7 Å². The molecule has 0 saturated heterocycles. The maximum atomic E-state index is 2.31. The minimum atomic E-state index is 0. The van der Waals surface area contributed by atoms with Crippen molar-refractivity contribution < 1.29 is 36.7 Å². The van der Waals surface area contributed by atoms with Crippen molar-refractivity contribution in [2.75, 3.05) is 0 Å². The Balaban J connectivity index is -0.00000000500. The van der Waals surface area contributed by atoms with Gasteiger partial charge in [0.05, 0.1) is 0 Å². The molecule has 0 N–H and O–H groups in total. The average molecular weight is 341 g/mol. The SMILES string of the molecule is [BH2][V].[BiH3].[Zn]. The Bertz CT molecular complexity index is 8.00. The molecule has 0 nitrogen and oxygen atoms in total. The molecule has 0 radical (unpaired) electrons. The molecule has 0 aromatic heterocycles. The van der Waals surface area contributed by atoms with Gasteiger partial charge < -0.3 is 0 Å². The van der Waals surface area contributed by atoms with E-state index in [0.29, 0.717) is 0 Å². The fourth-order valence-electron chi connectivity index (χ4n) is 0. The van der Waals surface area contributed by atoms with Crippen LogP contribution in [0.1, 0.15) is 0 Å². The molecule has 0 bridgehead atoms. The minimum absolute atomic E-state index is 0. The average Bonchev–Trinajstić information content (AvgIpc) is 1.00. The summed E-state index contributed by atoms with van der Waals surface area (Å²) in [5, 5.41) is 0. The predicted octanol–water partition coefficient (Wildman–Crippen LogP) is -2.11. The van der Waals surface area contributed by atoms with Crippen LogP contribution in [0.25, 0.3) is 0 Å². The summed E-state index contributed by atoms with van der Waals surface area (Å²) in [4.78, 5) is 0. The van der Waals surface area contributed by atoms with Gasteiger partial charge in [-0.3, -0.25) is 0 Å². The minimum Gasteiger partial charge on any atom is 0 e. The van der Waals surface area contributed by atoms with Crippen LogP contribution in [0.3, 0.4) is 0 Å². The van der Waals surface area contributed by atoms with Crippen molar-refractivity contribution in [1.29, 1.82) is 0 Å². The van der Waals surface area contributed by atoms with Crippen molar-refractivity contribution in [3.05, 3.63) is 0 Å². The van der Waals surface area contributed by atoms with Crippen LogP contribution >= 0.6 is 0 Å². The second kappa shape index (κ2) is 19.2. The largest absolute Gasteiger partial charge is 0 e. The Morgan fingerprint density at radius 3 is 1.25 bits per heavy atom.